The van der Waals surface area contributed by atoms with Gasteiger partial charge in [0.2, 0.25) is 0 Å². The highest BCUT2D eigenvalue weighted by molar-refractivity contribution is 8.00. The molecule has 0 aromatic carbocycles. The van der Waals surface area contributed by atoms with Gasteiger partial charge < -0.3 is 33.7 Å². The molecular formula is C47H91NO9S2. The van der Waals surface area contributed by atoms with Crippen LogP contribution in [0.1, 0.15) is 182 Å². The van der Waals surface area contributed by atoms with Crippen molar-refractivity contribution < 1.29 is 43.2 Å². The number of carbonyl (C=O) groups is 3. The first-order valence-corrected chi connectivity index (χ1v) is 26.1. The van der Waals surface area contributed by atoms with Gasteiger partial charge in [-0.05, 0) is 77.4 Å². The van der Waals surface area contributed by atoms with Crippen LogP contribution in [0, 0.1) is 11.8 Å². The van der Waals surface area contributed by atoms with E-state index < -0.39 is 6.29 Å². The van der Waals surface area contributed by atoms with Gasteiger partial charge in [-0.1, -0.05) is 130 Å². The second kappa shape index (κ2) is 43.6. The minimum absolute atomic E-state index is 0.147. The zero-order chi connectivity index (χ0) is 43.6. The normalized spacial score (nSPS) is 12.7. The Morgan fingerprint density at radius 3 is 1.53 bits per heavy atom. The predicted octanol–water partition coefficient (Wildman–Crippen LogP) is 11.0. The molecular weight excluding hydrogens is 787 g/mol. The van der Waals surface area contributed by atoms with Gasteiger partial charge in [-0.3, -0.25) is 14.4 Å². The topological polar surface area (TPSA) is 121 Å². The highest BCUT2D eigenvalue weighted by atomic mass is 32.2. The molecule has 0 heterocycles. The number of carbonyl (C=O) groups excluding carboxylic acids is 3. The molecule has 0 aromatic heterocycles. The summed E-state index contributed by atoms with van der Waals surface area (Å²) >= 11 is 2.85. The van der Waals surface area contributed by atoms with E-state index in [1.54, 1.807) is 0 Å². The van der Waals surface area contributed by atoms with Crippen LogP contribution in [0.3, 0.4) is 0 Å². The van der Waals surface area contributed by atoms with Gasteiger partial charge in [-0.25, -0.2) is 0 Å². The zero-order valence-electron chi connectivity index (χ0n) is 38.8. The van der Waals surface area contributed by atoms with Crippen molar-refractivity contribution in [3.8, 4) is 0 Å². The molecule has 0 aromatic rings. The van der Waals surface area contributed by atoms with Crippen LogP contribution >= 0.6 is 23.5 Å². The summed E-state index contributed by atoms with van der Waals surface area (Å²) in [6.07, 6.45) is 24.3. The molecule has 0 fully saturated rings. The Bertz CT molecular complexity index is 940. The van der Waals surface area contributed by atoms with Crippen LogP contribution in [-0.4, -0.2) is 117 Å². The van der Waals surface area contributed by atoms with Crippen LogP contribution < -0.4 is 0 Å². The van der Waals surface area contributed by atoms with Crippen LogP contribution in [0.25, 0.3) is 0 Å². The predicted molar refractivity (Wildman–Crippen MR) is 248 cm³/mol. The van der Waals surface area contributed by atoms with Gasteiger partial charge in [0, 0.05) is 31.1 Å². The Morgan fingerprint density at radius 1 is 0.542 bits per heavy atom. The number of rotatable bonds is 45. The lowest BCUT2D eigenvalue weighted by molar-refractivity contribution is -0.150. The summed E-state index contributed by atoms with van der Waals surface area (Å²) in [5.41, 5.74) is 0. The summed E-state index contributed by atoms with van der Waals surface area (Å²) in [6, 6.07) is 0. The number of thioether (sulfide) groups is 2. The number of ether oxygens (including phenoxy) is 5. The van der Waals surface area contributed by atoms with Crippen molar-refractivity contribution in [1.29, 1.82) is 0 Å². The minimum atomic E-state index is -0.984. The van der Waals surface area contributed by atoms with E-state index in [1.807, 2.05) is 14.1 Å². The molecule has 0 spiro atoms. The molecule has 0 radical (unpaired) electrons. The first kappa shape index (κ1) is 58.0. The number of esters is 3. The largest absolute Gasteiger partial charge is 0.465 e. The average Bonchev–Trinajstić information content (AvgIpc) is 3.20. The molecule has 0 aliphatic carbocycles. The molecule has 0 amide bonds. The molecule has 2 unspecified atom stereocenters. The molecule has 0 saturated heterocycles. The average molecular weight is 878 g/mol. The highest BCUT2D eigenvalue weighted by Crippen LogP contribution is 2.23. The zero-order valence-corrected chi connectivity index (χ0v) is 40.5. The standard InChI is InChI=1S/C47H91NO9S2/c1-7-11-15-22-41(23-16-12-8-2)29-34-55-45(50)38-58-37-36-53-32-20-26-43(57-44(49)28-19-31-48(5)6)27-21-33-54-46(51)39-59-40-47(52)56-35-30-42(24-17-13-9-3)25-18-14-10-4/h41-43,46,51H,7-40H2,1-6H3. The van der Waals surface area contributed by atoms with Crippen molar-refractivity contribution in [1.82, 2.24) is 4.90 Å². The Kier molecular flexibility index (Phi) is 42.8. The van der Waals surface area contributed by atoms with Crippen LogP contribution in [-0.2, 0) is 38.1 Å². The Labute approximate surface area is 370 Å². The van der Waals surface area contributed by atoms with E-state index >= 15 is 0 Å². The Morgan fingerprint density at radius 2 is 1.03 bits per heavy atom. The molecule has 59 heavy (non-hydrogen) atoms. The van der Waals surface area contributed by atoms with Crippen molar-refractivity contribution in [3.05, 3.63) is 0 Å². The van der Waals surface area contributed by atoms with E-state index in [-0.39, 0.29) is 35.5 Å². The third kappa shape index (κ3) is 40.8. The van der Waals surface area contributed by atoms with Crippen molar-refractivity contribution in [3.63, 3.8) is 0 Å². The van der Waals surface area contributed by atoms with Gasteiger partial charge in [0.05, 0.1) is 31.3 Å². The van der Waals surface area contributed by atoms with E-state index in [9.17, 15) is 19.5 Å². The van der Waals surface area contributed by atoms with E-state index in [2.05, 4.69) is 32.6 Å². The molecule has 0 rings (SSSR count). The second-order valence-electron chi connectivity index (χ2n) is 16.5. The Balaban J connectivity index is 4.38. The summed E-state index contributed by atoms with van der Waals surface area (Å²) in [7, 11) is 3.97. The van der Waals surface area contributed by atoms with Crippen LogP contribution in [0.5, 0.6) is 0 Å². The maximum atomic E-state index is 12.6. The monoisotopic (exact) mass is 878 g/mol. The first-order chi connectivity index (χ1) is 28.6. The molecule has 10 nitrogen and oxygen atoms in total. The number of aliphatic hydroxyl groups is 1. The molecule has 12 heteroatoms. The molecule has 0 bridgehead atoms. The number of nitrogens with zero attached hydrogens (tertiary/aromatic N) is 1. The van der Waals surface area contributed by atoms with E-state index in [0.29, 0.717) is 82.1 Å². The van der Waals surface area contributed by atoms with E-state index in [1.165, 1.54) is 126 Å². The molecule has 0 aliphatic heterocycles. The fourth-order valence-electron chi connectivity index (χ4n) is 7.02. The van der Waals surface area contributed by atoms with E-state index in [4.69, 9.17) is 23.7 Å². The molecule has 350 valence electrons. The molecule has 2 atom stereocenters. The summed E-state index contributed by atoms with van der Waals surface area (Å²) in [4.78, 5) is 39.3. The summed E-state index contributed by atoms with van der Waals surface area (Å²) < 4.78 is 28.4. The van der Waals surface area contributed by atoms with Crippen molar-refractivity contribution >= 4 is 41.4 Å². The van der Waals surface area contributed by atoms with Gasteiger partial charge in [-0.15, -0.1) is 23.5 Å². The van der Waals surface area contributed by atoms with Gasteiger partial charge in [0.15, 0.2) is 6.29 Å². The van der Waals surface area contributed by atoms with Gasteiger partial charge >= 0.3 is 17.9 Å². The van der Waals surface area contributed by atoms with Crippen molar-refractivity contribution in [2.24, 2.45) is 11.8 Å². The third-order valence-electron chi connectivity index (χ3n) is 10.6. The van der Waals surface area contributed by atoms with Crippen LogP contribution in [0.15, 0.2) is 0 Å². The first-order valence-electron chi connectivity index (χ1n) is 23.8. The fourth-order valence-corrected chi connectivity index (χ4v) is 8.31. The molecule has 1 N–H and O–H groups in total. The smallest absolute Gasteiger partial charge is 0.315 e. The van der Waals surface area contributed by atoms with Crippen LogP contribution in [0.2, 0.25) is 0 Å². The maximum absolute atomic E-state index is 12.6. The molecule has 0 saturated carbocycles. The maximum Gasteiger partial charge on any atom is 0.315 e. The second-order valence-corrected chi connectivity index (χ2v) is 18.7. The lowest BCUT2D eigenvalue weighted by Crippen LogP contribution is -2.22. The fraction of sp³-hybridized carbons (Fsp3) is 0.936. The number of hydrogen-bond donors (Lipinski definition) is 1. The van der Waals surface area contributed by atoms with Gasteiger partial charge in [0.25, 0.3) is 0 Å². The Hall–Kier alpha value is -1.05. The van der Waals surface area contributed by atoms with Crippen LogP contribution in [0.4, 0.5) is 0 Å². The quantitative estimate of drug-likeness (QED) is 0.0271. The van der Waals surface area contributed by atoms with E-state index in [0.717, 1.165) is 32.2 Å². The van der Waals surface area contributed by atoms with Crippen molar-refractivity contribution in [2.75, 3.05) is 76.7 Å². The summed E-state index contributed by atoms with van der Waals surface area (Å²) in [5, 5.41) is 10.4. The summed E-state index contributed by atoms with van der Waals surface area (Å²) in [6.45, 7) is 12.1. The number of unbranched alkanes of at least 4 members (excludes halogenated alkanes) is 8. The lowest BCUT2D eigenvalue weighted by atomic mass is 9.92. The number of hydrogen-bond acceptors (Lipinski definition) is 12. The van der Waals surface area contributed by atoms with Crippen molar-refractivity contribution in [2.45, 2.75) is 194 Å². The van der Waals surface area contributed by atoms with Gasteiger partial charge in [0.1, 0.15) is 6.10 Å². The SMILES string of the molecule is CCCCCC(CCCCC)CCOC(=O)CSCCOCCCC(CCCOC(O)CSCC(=O)OCCC(CCCCC)CCCCC)OC(=O)CCCN(C)C. The minimum Gasteiger partial charge on any atom is -0.465 e. The highest BCUT2D eigenvalue weighted by Gasteiger charge is 2.17. The van der Waals surface area contributed by atoms with Gasteiger partial charge in [-0.2, -0.15) is 0 Å². The number of aliphatic hydroxyl groups excluding tert-OH is 1. The molecule has 0 aliphatic rings. The third-order valence-corrected chi connectivity index (χ3v) is 12.4. The summed E-state index contributed by atoms with van der Waals surface area (Å²) in [5.74, 6) is 2.22. The lowest BCUT2D eigenvalue weighted by Gasteiger charge is -2.19.